The summed E-state index contributed by atoms with van der Waals surface area (Å²) < 4.78 is 26.6. The zero-order valence-electron chi connectivity index (χ0n) is 22.2. The van der Waals surface area contributed by atoms with E-state index in [0.717, 1.165) is 12.8 Å². The van der Waals surface area contributed by atoms with E-state index in [1.807, 2.05) is 14.4 Å². The Bertz CT molecular complexity index is 1070. The molecule has 2 atom stereocenters. The Morgan fingerprint density at radius 2 is 2.03 bits per heavy atom. The van der Waals surface area contributed by atoms with Gasteiger partial charge in [0.05, 0.1) is 30.2 Å². The topological polar surface area (TPSA) is 88.9 Å². The van der Waals surface area contributed by atoms with Gasteiger partial charge in [-0.3, -0.25) is 9.59 Å². The van der Waals surface area contributed by atoms with Gasteiger partial charge in [-0.1, -0.05) is 13.8 Å². The fourth-order valence-electron chi connectivity index (χ4n) is 5.31. The molecule has 2 amide bonds. The lowest BCUT2D eigenvalue weighted by molar-refractivity contribution is -0.140. The van der Waals surface area contributed by atoms with Crippen LogP contribution < -0.4 is 5.32 Å². The first kappa shape index (κ1) is 27.5. The van der Waals surface area contributed by atoms with Crippen molar-refractivity contribution in [3.05, 3.63) is 29.8 Å². The lowest BCUT2D eigenvalue weighted by atomic mass is 9.92. The van der Waals surface area contributed by atoms with Crippen molar-refractivity contribution in [3.63, 3.8) is 0 Å². The van der Waals surface area contributed by atoms with E-state index in [2.05, 4.69) is 24.1 Å². The van der Waals surface area contributed by atoms with Crippen LogP contribution >= 0.6 is 0 Å². The molecule has 204 valence electrons. The Morgan fingerprint density at radius 3 is 2.76 bits per heavy atom. The van der Waals surface area contributed by atoms with Crippen molar-refractivity contribution in [1.29, 1.82) is 0 Å². The maximum Gasteiger partial charge on any atom is 0.290 e. The summed E-state index contributed by atoms with van der Waals surface area (Å²) in [5, 5.41) is 3.40. The zero-order valence-corrected chi connectivity index (χ0v) is 22.2. The van der Waals surface area contributed by atoms with E-state index in [9.17, 15) is 14.0 Å². The van der Waals surface area contributed by atoms with Gasteiger partial charge < -0.3 is 29.2 Å². The summed E-state index contributed by atoms with van der Waals surface area (Å²) in [5.74, 6) is -0.0519. The second kappa shape index (κ2) is 12.8. The molecule has 3 heterocycles. The van der Waals surface area contributed by atoms with Gasteiger partial charge in [-0.25, -0.2) is 9.37 Å². The van der Waals surface area contributed by atoms with Crippen molar-refractivity contribution in [2.45, 2.75) is 45.7 Å². The van der Waals surface area contributed by atoms with E-state index >= 15 is 0 Å². The minimum atomic E-state index is -0.357. The number of morpholine rings is 1. The molecule has 2 aliphatic heterocycles. The Labute approximate surface area is 218 Å². The predicted octanol–water partition coefficient (Wildman–Crippen LogP) is 2.54. The molecule has 1 N–H and O–H groups in total. The van der Waals surface area contributed by atoms with Crippen LogP contribution in [-0.2, 0) is 20.8 Å². The third-order valence-electron chi connectivity index (χ3n) is 7.14. The quantitative estimate of drug-likeness (QED) is 0.488. The minimum absolute atomic E-state index is 0.123. The molecular formula is C27H40FN5O4. The largest absolute Gasteiger partial charge is 0.385 e. The third kappa shape index (κ3) is 6.66. The number of aromatic nitrogens is 2. The fourth-order valence-corrected chi connectivity index (χ4v) is 5.31. The zero-order chi connectivity index (χ0) is 26.4. The number of carbonyl (C=O) groups excluding carboxylic acids is 2. The van der Waals surface area contributed by atoms with Crippen LogP contribution in [0, 0.1) is 17.7 Å². The summed E-state index contributed by atoms with van der Waals surface area (Å²) >= 11 is 0. The number of imidazole rings is 1. The molecule has 0 spiro atoms. The van der Waals surface area contributed by atoms with Gasteiger partial charge in [0.1, 0.15) is 5.82 Å². The SMILES string of the molecule is COCCCCn1c(C(=O)N(CC(C)C)[C@@H]2CNCC(C(=O)N3CCOCC3)C2)nc2ccc(F)cc21. The lowest BCUT2D eigenvalue weighted by Crippen LogP contribution is -2.56. The first-order valence-electron chi connectivity index (χ1n) is 13.4. The van der Waals surface area contributed by atoms with Crippen LogP contribution in [-0.4, -0.2) is 96.9 Å². The summed E-state index contributed by atoms with van der Waals surface area (Å²) in [7, 11) is 1.66. The highest BCUT2D eigenvalue weighted by Gasteiger charge is 2.36. The van der Waals surface area contributed by atoms with Crippen LogP contribution in [0.15, 0.2) is 18.2 Å². The molecule has 4 rings (SSSR count). The molecular weight excluding hydrogens is 477 g/mol. The lowest BCUT2D eigenvalue weighted by Gasteiger charge is -2.40. The summed E-state index contributed by atoms with van der Waals surface area (Å²) in [6.45, 7) is 9.44. The fraction of sp³-hybridized carbons (Fsp3) is 0.667. The van der Waals surface area contributed by atoms with Gasteiger partial charge in [-0.05, 0) is 43.4 Å². The molecule has 0 radical (unpaired) electrons. The second-order valence-electron chi connectivity index (χ2n) is 10.5. The molecule has 9 nitrogen and oxygen atoms in total. The van der Waals surface area contributed by atoms with E-state index < -0.39 is 0 Å². The molecule has 10 heteroatoms. The molecule has 37 heavy (non-hydrogen) atoms. The molecule has 1 aromatic heterocycles. The average molecular weight is 518 g/mol. The summed E-state index contributed by atoms with van der Waals surface area (Å²) in [5.41, 5.74) is 1.22. The van der Waals surface area contributed by atoms with E-state index in [4.69, 9.17) is 9.47 Å². The smallest absolute Gasteiger partial charge is 0.290 e. The molecule has 2 aromatic rings. The van der Waals surface area contributed by atoms with E-state index in [0.29, 0.717) is 82.4 Å². The minimum Gasteiger partial charge on any atom is -0.385 e. The van der Waals surface area contributed by atoms with E-state index in [1.165, 1.54) is 12.1 Å². The number of hydrogen-bond donors (Lipinski definition) is 1. The van der Waals surface area contributed by atoms with Crippen LogP contribution in [0.5, 0.6) is 0 Å². The van der Waals surface area contributed by atoms with Gasteiger partial charge in [0.15, 0.2) is 5.82 Å². The first-order chi connectivity index (χ1) is 17.9. The number of nitrogens with zero attached hydrogens (tertiary/aromatic N) is 4. The normalized spacial score (nSPS) is 20.5. The number of ether oxygens (including phenoxy) is 2. The number of amides is 2. The van der Waals surface area contributed by atoms with Crippen LogP contribution in [0.2, 0.25) is 0 Å². The Kier molecular flexibility index (Phi) is 9.50. The number of benzene rings is 1. The predicted molar refractivity (Wildman–Crippen MR) is 139 cm³/mol. The molecule has 2 saturated heterocycles. The van der Waals surface area contributed by atoms with Gasteiger partial charge in [-0.2, -0.15) is 0 Å². The van der Waals surface area contributed by atoms with Crippen LogP contribution in [0.1, 0.15) is 43.7 Å². The Balaban J connectivity index is 1.59. The number of carbonyl (C=O) groups is 2. The number of aryl methyl sites for hydroxylation is 1. The number of rotatable bonds is 10. The van der Waals surface area contributed by atoms with Gasteiger partial charge in [-0.15, -0.1) is 0 Å². The molecule has 2 fully saturated rings. The van der Waals surface area contributed by atoms with Gasteiger partial charge >= 0.3 is 0 Å². The second-order valence-corrected chi connectivity index (χ2v) is 10.5. The van der Waals surface area contributed by atoms with Gasteiger partial charge in [0.25, 0.3) is 5.91 Å². The molecule has 2 aliphatic rings. The van der Waals surface area contributed by atoms with Crippen molar-refractivity contribution < 1.29 is 23.5 Å². The number of methoxy groups -OCH3 is 1. The van der Waals surface area contributed by atoms with Crippen molar-refractivity contribution in [2.24, 2.45) is 11.8 Å². The maximum absolute atomic E-state index is 14.2. The van der Waals surface area contributed by atoms with Crippen molar-refractivity contribution in [3.8, 4) is 0 Å². The molecule has 1 unspecified atom stereocenters. The Hall–Kier alpha value is -2.56. The van der Waals surface area contributed by atoms with Crippen molar-refractivity contribution >= 4 is 22.8 Å². The number of hydrogen-bond acceptors (Lipinski definition) is 6. The molecule has 0 saturated carbocycles. The maximum atomic E-state index is 14.2. The van der Waals surface area contributed by atoms with E-state index in [-0.39, 0.29) is 35.5 Å². The summed E-state index contributed by atoms with van der Waals surface area (Å²) in [4.78, 5) is 35.7. The average Bonchev–Trinajstić information content (AvgIpc) is 3.27. The van der Waals surface area contributed by atoms with Crippen molar-refractivity contribution in [1.82, 2.24) is 24.7 Å². The third-order valence-corrected chi connectivity index (χ3v) is 7.14. The Morgan fingerprint density at radius 1 is 1.24 bits per heavy atom. The van der Waals surface area contributed by atoms with Gasteiger partial charge in [0.2, 0.25) is 5.91 Å². The molecule has 1 aromatic carbocycles. The highest BCUT2D eigenvalue weighted by atomic mass is 19.1. The van der Waals surface area contributed by atoms with Crippen LogP contribution in [0.4, 0.5) is 4.39 Å². The molecule has 0 aliphatic carbocycles. The highest BCUT2D eigenvalue weighted by Crippen LogP contribution is 2.25. The van der Waals surface area contributed by atoms with Crippen LogP contribution in [0.3, 0.4) is 0 Å². The number of unbranched alkanes of at least 4 members (excludes halogenated alkanes) is 1. The standard InChI is InChI=1S/C27H40FN5O4/c1-19(2)18-33(22-14-20(16-29-17-22)26(34)31-9-12-37-13-10-31)27(35)25-30-23-7-6-21(28)15-24(23)32(25)8-4-5-11-36-3/h6-7,15,19-20,22,29H,4-5,8-14,16-18H2,1-3H3/t20?,22-/m0/s1. The first-order valence-corrected chi connectivity index (χ1v) is 13.4. The number of piperidine rings is 1. The monoisotopic (exact) mass is 517 g/mol. The highest BCUT2D eigenvalue weighted by molar-refractivity contribution is 5.95. The number of nitrogens with one attached hydrogen (secondary N) is 1. The number of fused-ring (bicyclic) bond motifs is 1. The van der Waals surface area contributed by atoms with Crippen molar-refractivity contribution in [2.75, 3.05) is 59.7 Å². The number of halogens is 1. The van der Waals surface area contributed by atoms with E-state index in [1.54, 1.807) is 13.2 Å². The van der Waals surface area contributed by atoms with Gasteiger partial charge in [0, 0.05) is 59.0 Å². The van der Waals surface area contributed by atoms with Crippen LogP contribution in [0.25, 0.3) is 11.0 Å². The summed E-state index contributed by atoms with van der Waals surface area (Å²) in [6.07, 6.45) is 2.21. The summed E-state index contributed by atoms with van der Waals surface area (Å²) in [6, 6.07) is 4.30. The molecule has 0 bridgehead atoms.